The van der Waals surface area contributed by atoms with Crippen molar-refractivity contribution in [1.82, 2.24) is 10.6 Å². The van der Waals surface area contributed by atoms with Gasteiger partial charge in [0.05, 0.1) is 25.8 Å². The Morgan fingerprint density at radius 3 is 2.27 bits per heavy atom. The van der Waals surface area contributed by atoms with Gasteiger partial charge in [-0.2, -0.15) is 0 Å². The molecule has 0 aromatic rings. The second-order valence-corrected chi connectivity index (χ2v) is 4.23. The molecular formula is C10H22N2O3. The van der Waals surface area contributed by atoms with Gasteiger partial charge in [-0.1, -0.05) is 6.92 Å². The van der Waals surface area contributed by atoms with E-state index in [4.69, 9.17) is 10.2 Å². The lowest BCUT2D eigenvalue weighted by Gasteiger charge is -2.25. The van der Waals surface area contributed by atoms with Gasteiger partial charge in [-0.25, -0.2) is 0 Å². The van der Waals surface area contributed by atoms with Crippen molar-refractivity contribution < 1.29 is 15.0 Å². The van der Waals surface area contributed by atoms with E-state index in [1.165, 1.54) is 0 Å². The maximum atomic E-state index is 11.4. The molecule has 15 heavy (non-hydrogen) atoms. The second-order valence-electron chi connectivity index (χ2n) is 4.23. The molecule has 5 nitrogen and oxygen atoms in total. The van der Waals surface area contributed by atoms with Crippen molar-refractivity contribution in [3.05, 3.63) is 0 Å². The second kappa shape index (κ2) is 6.76. The molecule has 0 saturated heterocycles. The average molecular weight is 218 g/mol. The number of amides is 1. The molecule has 4 N–H and O–H groups in total. The SMILES string of the molecule is CCC(C)(C)NC(=O)CNC(CO)CO. The zero-order chi connectivity index (χ0) is 11.9. The molecule has 0 saturated carbocycles. The highest BCUT2D eigenvalue weighted by atomic mass is 16.3. The third-order valence-electron chi connectivity index (χ3n) is 2.35. The van der Waals surface area contributed by atoms with E-state index in [0.29, 0.717) is 0 Å². The van der Waals surface area contributed by atoms with E-state index in [-0.39, 0.29) is 31.2 Å². The molecule has 0 bridgehead atoms. The molecule has 0 aliphatic heterocycles. The largest absolute Gasteiger partial charge is 0.395 e. The summed E-state index contributed by atoms with van der Waals surface area (Å²) in [6.07, 6.45) is 0.849. The van der Waals surface area contributed by atoms with Gasteiger partial charge in [0.2, 0.25) is 5.91 Å². The number of carbonyl (C=O) groups is 1. The molecule has 0 aromatic heterocycles. The molecule has 0 rings (SSSR count). The number of carbonyl (C=O) groups excluding carboxylic acids is 1. The fraction of sp³-hybridized carbons (Fsp3) is 0.900. The lowest BCUT2D eigenvalue weighted by Crippen LogP contribution is -2.49. The highest BCUT2D eigenvalue weighted by Gasteiger charge is 2.17. The predicted molar refractivity (Wildman–Crippen MR) is 58.5 cm³/mol. The van der Waals surface area contributed by atoms with E-state index in [1.807, 2.05) is 20.8 Å². The Bertz CT molecular complexity index is 191. The van der Waals surface area contributed by atoms with Crippen LogP contribution in [0.5, 0.6) is 0 Å². The minimum atomic E-state index is -0.430. The van der Waals surface area contributed by atoms with Crippen molar-refractivity contribution in [2.75, 3.05) is 19.8 Å². The molecule has 0 fully saturated rings. The molecule has 0 aliphatic carbocycles. The minimum Gasteiger partial charge on any atom is -0.395 e. The van der Waals surface area contributed by atoms with Crippen molar-refractivity contribution in [2.24, 2.45) is 0 Å². The van der Waals surface area contributed by atoms with Crippen LogP contribution in [0.25, 0.3) is 0 Å². The predicted octanol–water partition coefficient (Wildman–Crippen LogP) is -0.766. The molecule has 0 radical (unpaired) electrons. The zero-order valence-electron chi connectivity index (χ0n) is 9.71. The summed E-state index contributed by atoms with van der Waals surface area (Å²) < 4.78 is 0. The maximum absolute atomic E-state index is 11.4. The molecule has 5 heteroatoms. The van der Waals surface area contributed by atoms with Crippen LogP contribution in [-0.4, -0.2) is 47.5 Å². The fourth-order valence-corrected chi connectivity index (χ4v) is 0.934. The van der Waals surface area contributed by atoms with Gasteiger partial charge in [-0.3, -0.25) is 4.79 Å². The van der Waals surface area contributed by atoms with Gasteiger partial charge in [0.15, 0.2) is 0 Å². The van der Waals surface area contributed by atoms with Crippen LogP contribution in [0.3, 0.4) is 0 Å². The summed E-state index contributed by atoms with van der Waals surface area (Å²) in [4.78, 5) is 11.4. The van der Waals surface area contributed by atoms with Crippen LogP contribution in [0, 0.1) is 0 Å². The molecule has 0 spiro atoms. The summed E-state index contributed by atoms with van der Waals surface area (Å²) in [7, 11) is 0. The Morgan fingerprint density at radius 1 is 1.33 bits per heavy atom. The quantitative estimate of drug-likeness (QED) is 0.452. The lowest BCUT2D eigenvalue weighted by atomic mass is 10.0. The van der Waals surface area contributed by atoms with Crippen LogP contribution in [0.2, 0.25) is 0 Å². The Hall–Kier alpha value is -0.650. The number of rotatable bonds is 7. The first-order valence-corrected chi connectivity index (χ1v) is 5.21. The average Bonchev–Trinajstić information content (AvgIpc) is 2.19. The first-order chi connectivity index (χ1) is 6.95. The van der Waals surface area contributed by atoms with Crippen LogP contribution in [0.15, 0.2) is 0 Å². The Balaban J connectivity index is 3.84. The van der Waals surface area contributed by atoms with Gasteiger partial charge in [0.25, 0.3) is 0 Å². The fourth-order valence-electron chi connectivity index (χ4n) is 0.934. The molecule has 0 atom stereocenters. The number of hydrogen-bond donors (Lipinski definition) is 4. The topological polar surface area (TPSA) is 81.6 Å². The number of hydrogen-bond acceptors (Lipinski definition) is 4. The Labute approximate surface area is 90.9 Å². The van der Waals surface area contributed by atoms with E-state index in [2.05, 4.69) is 10.6 Å². The third-order valence-corrected chi connectivity index (χ3v) is 2.35. The van der Waals surface area contributed by atoms with Gasteiger partial charge in [-0.15, -0.1) is 0 Å². The van der Waals surface area contributed by atoms with E-state index in [1.54, 1.807) is 0 Å². The Morgan fingerprint density at radius 2 is 1.87 bits per heavy atom. The van der Waals surface area contributed by atoms with Gasteiger partial charge in [0.1, 0.15) is 0 Å². The minimum absolute atomic E-state index is 0.106. The highest BCUT2D eigenvalue weighted by molar-refractivity contribution is 5.78. The summed E-state index contributed by atoms with van der Waals surface area (Å²) in [5.74, 6) is -0.131. The summed E-state index contributed by atoms with van der Waals surface area (Å²) >= 11 is 0. The zero-order valence-corrected chi connectivity index (χ0v) is 9.71. The van der Waals surface area contributed by atoms with E-state index in [0.717, 1.165) is 6.42 Å². The van der Waals surface area contributed by atoms with Crippen LogP contribution in [-0.2, 0) is 4.79 Å². The molecule has 0 heterocycles. The summed E-state index contributed by atoms with van der Waals surface area (Å²) in [5, 5.41) is 23.1. The van der Waals surface area contributed by atoms with Crippen LogP contribution < -0.4 is 10.6 Å². The van der Waals surface area contributed by atoms with Crippen LogP contribution >= 0.6 is 0 Å². The van der Waals surface area contributed by atoms with E-state index >= 15 is 0 Å². The maximum Gasteiger partial charge on any atom is 0.234 e. The molecule has 1 amide bonds. The smallest absolute Gasteiger partial charge is 0.234 e. The van der Waals surface area contributed by atoms with Gasteiger partial charge < -0.3 is 20.8 Å². The summed E-state index contributed by atoms with van der Waals surface area (Å²) in [5.41, 5.74) is -0.216. The first kappa shape index (κ1) is 14.3. The van der Waals surface area contributed by atoms with E-state index in [9.17, 15) is 4.79 Å². The molecule has 0 aromatic carbocycles. The molecule has 0 unspecified atom stereocenters. The van der Waals surface area contributed by atoms with E-state index < -0.39 is 6.04 Å². The molecule has 0 aliphatic rings. The normalized spacial score (nSPS) is 11.9. The first-order valence-electron chi connectivity index (χ1n) is 5.21. The number of aliphatic hydroxyl groups excluding tert-OH is 2. The summed E-state index contributed by atoms with van der Waals surface area (Å²) in [6, 6.07) is -0.430. The Kier molecular flexibility index (Phi) is 6.47. The monoisotopic (exact) mass is 218 g/mol. The summed E-state index contributed by atoms with van der Waals surface area (Å²) in [6.45, 7) is 5.63. The van der Waals surface area contributed by atoms with Crippen molar-refractivity contribution in [1.29, 1.82) is 0 Å². The van der Waals surface area contributed by atoms with Gasteiger partial charge >= 0.3 is 0 Å². The van der Waals surface area contributed by atoms with Crippen molar-refractivity contribution >= 4 is 5.91 Å². The molecular weight excluding hydrogens is 196 g/mol. The third kappa shape index (κ3) is 6.43. The lowest BCUT2D eigenvalue weighted by molar-refractivity contribution is -0.122. The van der Waals surface area contributed by atoms with Crippen molar-refractivity contribution in [3.63, 3.8) is 0 Å². The van der Waals surface area contributed by atoms with Crippen LogP contribution in [0.1, 0.15) is 27.2 Å². The van der Waals surface area contributed by atoms with Crippen molar-refractivity contribution in [2.45, 2.75) is 38.8 Å². The number of nitrogens with one attached hydrogen (secondary N) is 2. The van der Waals surface area contributed by atoms with Gasteiger partial charge in [0, 0.05) is 5.54 Å². The number of aliphatic hydroxyl groups is 2. The molecule has 90 valence electrons. The van der Waals surface area contributed by atoms with Gasteiger partial charge in [-0.05, 0) is 20.3 Å². The highest BCUT2D eigenvalue weighted by Crippen LogP contribution is 2.05. The van der Waals surface area contributed by atoms with Crippen molar-refractivity contribution in [3.8, 4) is 0 Å². The van der Waals surface area contributed by atoms with Crippen LogP contribution in [0.4, 0.5) is 0 Å². The standard InChI is InChI=1S/C10H22N2O3/c1-4-10(2,3)12-9(15)5-11-8(6-13)7-14/h8,11,13-14H,4-7H2,1-3H3,(H,12,15).